The Balaban J connectivity index is 3.04. The molecule has 0 amide bonds. The first-order valence-corrected chi connectivity index (χ1v) is 5.10. The summed E-state index contributed by atoms with van der Waals surface area (Å²) in [6, 6.07) is 5.77. The van der Waals surface area contributed by atoms with Crippen molar-refractivity contribution < 1.29 is 9.53 Å². The Kier molecular flexibility index (Phi) is 3.18. The van der Waals surface area contributed by atoms with Crippen LogP contribution in [0.15, 0.2) is 18.2 Å². The molecule has 1 aromatic rings. The normalized spacial score (nSPS) is 11.3. The molecule has 1 aromatic carbocycles. The second kappa shape index (κ2) is 4.05. The van der Waals surface area contributed by atoms with E-state index < -0.39 is 0 Å². The van der Waals surface area contributed by atoms with Gasteiger partial charge in [0.15, 0.2) is 0 Å². The van der Waals surface area contributed by atoms with Crippen LogP contribution < -0.4 is 4.74 Å². The number of hydrogen-bond donors (Lipinski definition) is 0. The molecule has 0 spiro atoms. The van der Waals surface area contributed by atoms with Crippen molar-refractivity contribution in [2.45, 2.75) is 40.0 Å². The number of aryl methyl sites for hydroxylation is 1. The fourth-order valence-corrected chi connectivity index (χ4v) is 1.71. The first kappa shape index (κ1) is 11.8. The molecule has 0 aromatic heterocycles. The third-order valence-corrected chi connectivity index (χ3v) is 2.27. The highest BCUT2D eigenvalue weighted by Crippen LogP contribution is 2.28. The number of carbonyl (C=O) groups is 1. The van der Waals surface area contributed by atoms with Gasteiger partial charge in [0.2, 0.25) is 0 Å². The Morgan fingerprint density at radius 2 is 1.87 bits per heavy atom. The number of carbonyl (C=O) groups excluding carboxylic acids is 1. The second-order valence-corrected chi connectivity index (χ2v) is 4.82. The molecule has 0 N–H and O–H groups in total. The molecule has 82 valence electrons. The molecule has 15 heavy (non-hydrogen) atoms. The van der Waals surface area contributed by atoms with Gasteiger partial charge < -0.3 is 4.74 Å². The molecule has 0 fully saturated rings. The summed E-state index contributed by atoms with van der Waals surface area (Å²) >= 11 is 0. The molecule has 0 saturated heterocycles. The van der Waals surface area contributed by atoms with Crippen molar-refractivity contribution in [3.05, 3.63) is 29.3 Å². The van der Waals surface area contributed by atoms with E-state index in [-0.39, 0.29) is 11.4 Å². The van der Waals surface area contributed by atoms with E-state index in [1.807, 2.05) is 25.1 Å². The Bertz CT molecular complexity index is 373. The van der Waals surface area contributed by atoms with Gasteiger partial charge in [-0.25, -0.2) is 0 Å². The average molecular weight is 206 g/mol. The summed E-state index contributed by atoms with van der Waals surface area (Å²) in [6.45, 7) is 9.95. The minimum Gasteiger partial charge on any atom is -0.427 e. The van der Waals surface area contributed by atoms with E-state index in [2.05, 4.69) is 20.8 Å². The van der Waals surface area contributed by atoms with Crippen molar-refractivity contribution in [2.24, 2.45) is 0 Å². The summed E-state index contributed by atoms with van der Waals surface area (Å²) < 4.78 is 5.02. The lowest BCUT2D eigenvalue weighted by molar-refractivity contribution is -0.131. The van der Waals surface area contributed by atoms with Crippen LogP contribution in [-0.2, 0) is 10.2 Å². The molecule has 0 unspecified atom stereocenters. The molecule has 0 heterocycles. The molecule has 0 atom stereocenters. The largest absolute Gasteiger partial charge is 0.427 e. The highest BCUT2D eigenvalue weighted by molar-refractivity contribution is 5.69. The van der Waals surface area contributed by atoms with E-state index in [1.54, 1.807) is 0 Å². The van der Waals surface area contributed by atoms with E-state index in [0.29, 0.717) is 5.75 Å². The minimum atomic E-state index is -0.280. The monoisotopic (exact) mass is 206 g/mol. The minimum absolute atomic E-state index is 0.124. The van der Waals surface area contributed by atoms with Crippen LogP contribution in [0.1, 0.15) is 38.8 Å². The summed E-state index contributed by atoms with van der Waals surface area (Å²) in [5.41, 5.74) is 2.55. The van der Waals surface area contributed by atoms with Gasteiger partial charge in [0, 0.05) is 6.92 Å². The molecule has 0 aliphatic heterocycles. The van der Waals surface area contributed by atoms with Gasteiger partial charge in [-0.2, -0.15) is 0 Å². The molecule has 0 saturated carbocycles. The summed E-state index contributed by atoms with van der Waals surface area (Å²) in [5, 5.41) is 0. The van der Waals surface area contributed by atoms with E-state index in [9.17, 15) is 4.79 Å². The molecule has 0 radical (unpaired) electrons. The highest BCUT2D eigenvalue weighted by atomic mass is 16.5. The number of hydrogen-bond acceptors (Lipinski definition) is 2. The van der Waals surface area contributed by atoms with Crippen LogP contribution in [0, 0.1) is 6.92 Å². The van der Waals surface area contributed by atoms with Gasteiger partial charge in [-0.3, -0.25) is 4.79 Å². The number of benzene rings is 1. The zero-order valence-electron chi connectivity index (χ0n) is 10.0. The van der Waals surface area contributed by atoms with Gasteiger partial charge in [-0.1, -0.05) is 26.8 Å². The summed E-state index contributed by atoms with van der Waals surface area (Å²) in [6.07, 6.45) is 0. The van der Waals surface area contributed by atoms with Crippen molar-refractivity contribution in [3.8, 4) is 5.75 Å². The quantitative estimate of drug-likeness (QED) is 0.521. The molecule has 1 rings (SSSR count). The average Bonchev–Trinajstić information content (AvgIpc) is 1.99. The van der Waals surface area contributed by atoms with Gasteiger partial charge >= 0.3 is 5.97 Å². The lowest BCUT2D eigenvalue weighted by Gasteiger charge is -2.21. The van der Waals surface area contributed by atoms with Crippen LogP contribution in [0.25, 0.3) is 0 Å². The molecule has 2 nitrogen and oxygen atoms in total. The van der Waals surface area contributed by atoms with Crippen molar-refractivity contribution in [1.29, 1.82) is 0 Å². The van der Waals surface area contributed by atoms with Gasteiger partial charge in [0.25, 0.3) is 0 Å². The second-order valence-electron chi connectivity index (χ2n) is 4.82. The molecular formula is C13H18O2. The van der Waals surface area contributed by atoms with E-state index in [1.165, 1.54) is 12.5 Å². The van der Waals surface area contributed by atoms with Crippen LogP contribution in [0.3, 0.4) is 0 Å². The van der Waals surface area contributed by atoms with E-state index in [4.69, 9.17) is 4.74 Å². The molecule has 0 bridgehead atoms. The zero-order valence-corrected chi connectivity index (χ0v) is 10.0. The van der Waals surface area contributed by atoms with Crippen LogP contribution >= 0.6 is 0 Å². The lowest BCUT2D eigenvalue weighted by atomic mass is 9.84. The maximum absolute atomic E-state index is 10.8. The maximum Gasteiger partial charge on any atom is 0.308 e. The van der Waals surface area contributed by atoms with Crippen molar-refractivity contribution in [2.75, 3.05) is 0 Å². The topological polar surface area (TPSA) is 26.3 Å². The summed E-state index contributed by atoms with van der Waals surface area (Å²) in [7, 11) is 0. The van der Waals surface area contributed by atoms with Crippen molar-refractivity contribution >= 4 is 5.97 Å². The van der Waals surface area contributed by atoms with Crippen molar-refractivity contribution in [1.82, 2.24) is 0 Å². The molecule has 0 aliphatic carbocycles. The Morgan fingerprint density at radius 1 is 1.27 bits per heavy atom. The van der Waals surface area contributed by atoms with E-state index >= 15 is 0 Å². The SMILES string of the molecule is CC(=O)Oc1ccc(C(C)(C)C)c(C)c1. The predicted octanol–water partition coefficient (Wildman–Crippen LogP) is 3.22. The van der Waals surface area contributed by atoms with Gasteiger partial charge in [-0.15, -0.1) is 0 Å². The first-order chi connectivity index (χ1) is 6.80. The van der Waals surface area contributed by atoms with E-state index in [0.717, 1.165) is 5.56 Å². The lowest BCUT2D eigenvalue weighted by Crippen LogP contribution is -2.13. The third kappa shape index (κ3) is 3.08. The Hall–Kier alpha value is -1.31. The van der Waals surface area contributed by atoms with Crippen LogP contribution in [0.2, 0.25) is 0 Å². The third-order valence-electron chi connectivity index (χ3n) is 2.27. The van der Waals surface area contributed by atoms with Crippen LogP contribution in [0.4, 0.5) is 0 Å². The van der Waals surface area contributed by atoms with Crippen LogP contribution in [0.5, 0.6) is 5.75 Å². The summed E-state index contributed by atoms with van der Waals surface area (Å²) in [5.74, 6) is 0.339. The number of ether oxygens (including phenoxy) is 1. The maximum atomic E-state index is 10.8. The fourth-order valence-electron chi connectivity index (χ4n) is 1.71. The zero-order chi connectivity index (χ0) is 11.6. The predicted molar refractivity (Wildman–Crippen MR) is 61.2 cm³/mol. The Morgan fingerprint density at radius 3 is 2.27 bits per heavy atom. The first-order valence-electron chi connectivity index (χ1n) is 5.10. The smallest absolute Gasteiger partial charge is 0.308 e. The Labute approximate surface area is 91.3 Å². The molecule has 0 aliphatic rings. The van der Waals surface area contributed by atoms with Gasteiger partial charge in [0.05, 0.1) is 0 Å². The molecule has 2 heteroatoms. The highest BCUT2D eigenvalue weighted by Gasteiger charge is 2.16. The van der Waals surface area contributed by atoms with Gasteiger partial charge in [-0.05, 0) is 35.6 Å². The number of esters is 1. The number of rotatable bonds is 1. The van der Waals surface area contributed by atoms with Crippen molar-refractivity contribution in [3.63, 3.8) is 0 Å². The standard InChI is InChI=1S/C13H18O2/c1-9-8-11(15-10(2)14)6-7-12(9)13(3,4)5/h6-8H,1-5H3. The fraction of sp³-hybridized carbons (Fsp3) is 0.462. The summed E-state index contributed by atoms with van der Waals surface area (Å²) in [4.78, 5) is 10.8. The molecular weight excluding hydrogens is 188 g/mol. The van der Waals surface area contributed by atoms with Gasteiger partial charge in [0.1, 0.15) is 5.75 Å². The van der Waals surface area contributed by atoms with Crippen LogP contribution in [-0.4, -0.2) is 5.97 Å².